The fourth-order valence-electron chi connectivity index (χ4n) is 2.39. The number of unbranched alkanes of at least 4 members (excludes halogenated alkanes) is 1. The Balaban J connectivity index is 2.14. The minimum absolute atomic E-state index is 0.0431. The molecule has 1 unspecified atom stereocenters. The molecule has 1 aliphatic rings. The molecule has 0 amide bonds. The molecule has 1 aliphatic heterocycles. The van der Waals surface area contributed by atoms with E-state index in [2.05, 4.69) is 12.2 Å². The highest BCUT2D eigenvalue weighted by atomic mass is 16.5. The Morgan fingerprint density at radius 2 is 2.36 bits per heavy atom. The van der Waals surface area contributed by atoms with E-state index in [1.54, 1.807) is 12.1 Å². The number of hydrogen-bond acceptors (Lipinski definition) is 5. The first-order chi connectivity index (χ1) is 10.7. The molecular formula is C17H24N2O3. The molecule has 2 N–H and O–H groups in total. The van der Waals surface area contributed by atoms with Crippen molar-refractivity contribution in [2.75, 3.05) is 18.5 Å². The summed E-state index contributed by atoms with van der Waals surface area (Å²) >= 11 is 0. The van der Waals surface area contributed by atoms with Gasteiger partial charge in [-0.15, -0.1) is 0 Å². The molecule has 0 saturated carbocycles. The van der Waals surface area contributed by atoms with Gasteiger partial charge in [-0.3, -0.25) is 10.2 Å². The average molecular weight is 304 g/mol. The predicted octanol–water partition coefficient (Wildman–Crippen LogP) is 3.37. The van der Waals surface area contributed by atoms with Gasteiger partial charge in [0.1, 0.15) is 17.7 Å². The summed E-state index contributed by atoms with van der Waals surface area (Å²) in [4.78, 5) is 10.9. The van der Waals surface area contributed by atoms with Crippen LogP contribution in [0.3, 0.4) is 0 Å². The van der Waals surface area contributed by atoms with E-state index in [4.69, 9.17) is 14.9 Å². The standard InChI is InChI=1S/C17H24N2O3/c1-2-3-9-21-13-7-8-14(15(18)12-20)16(11-13)19-17-6-4-5-10-22-17/h7-8,11-12,17-19H,2-6,9-10H2,1H3. The van der Waals surface area contributed by atoms with E-state index in [1.807, 2.05) is 6.07 Å². The summed E-state index contributed by atoms with van der Waals surface area (Å²) < 4.78 is 11.4. The second kappa shape index (κ2) is 8.54. The van der Waals surface area contributed by atoms with Gasteiger partial charge in [0, 0.05) is 23.9 Å². The highest BCUT2D eigenvalue weighted by Gasteiger charge is 2.17. The third-order valence-corrected chi connectivity index (χ3v) is 3.66. The van der Waals surface area contributed by atoms with Crippen molar-refractivity contribution in [2.24, 2.45) is 0 Å². The number of aldehydes is 1. The summed E-state index contributed by atoms with van der Waals surface area (Å²) in [6.07, 6.45) is 5.68. The molecule has 1 heterocycles. The molecule has 5 heteroatoms. The van der Waals surface area contributed by atoms with Crippen molar-refractivity contribution in [1.29, 1.82) is 5.41 Å². The van der Waals surface area contributed by atoms with Crippen LogP contribution in [0.15, 0.2) is 18.2 Å². The highest BCUT2D eigenvalue weighted by Crippen LogP contribution is 2.26. The van der Waals surface area contributed by atoms with Crippen LogP contribution in [0.5, 0.6) is 5.75 Å². The first kappa shape index (κ1) is 16.5. The minimum atomic E-state index is -0.0714. The van der Waals surface area contributed by atoms with E-state index in [9.17, 15) is 4.79 Å². The van der Waals surface area contributed by atoms with Crippen LogP contribution in [-0.2, 0) is 9.53 Å². The molecule has 1 aromatic carbocycles. The van der Waals surface area contributed by atoms with Gasteiger partial charge in [0.15, 0.2) is 6.29 Å². The Bertz CT molecular complexity index is 511. The van der Waals surface area contributed by atoms with Gasteiger partial charge in [0.2, 0.25) is 0 Å². The molecule has 0 bridgehead atoms. The van der Waals surface area contributed by atoms with Gasteiger partial charge >= 0.3 is 0 Å². The van der Waals surface area contributed by atoms with Gasteiger partial charge < -0.3 is 14.8 Å². The average Bonchev–Trinajstić information content (AvgIpc) is 2.56. The van der Waals surface area contributed by atoms with Crippen LogP contribution in [0.1, 0.15) is 44.6 Å². The molecular weight excluding hydrogens is 280 g/mol. The Hall–Kier alpha value is -1.88. The van der Waals surface area contributed by atoms with Crippen molar-refractivity contribution in [3.63, 3.8) is 0 Å². The Morgan fingerprint density at radius 1 is 1.50 bits per heavy atom. The summed E-state index contributed by atoms with van der Waals surface area (Å²) in [7, 11) is 0. The summed E-state index contributed by atoms with van der Waals surface area (Å²) in [5, 5.41) is 11.1. The fraction of sp³-hybridized carbons (Fsp3) is 0.529. The lowest BCUT2D eigenvalue weighted by Crippen LogP contribution is -2.28. The molecule has 1 atom stereocenters. The smallest absolute Gasteiger partial charge is 0.168 e. The normalized spacial score (nSPS) is 17.8. The van der Waals surface area contributed by atoms with Gasteiger partial charge in [0.25, 0.3) is 0 Å². The molecule has 120 valence electrons. The molecule has 0 aromatic heterocycles. The van der Waals surface area contributed by atoms with E-state index < -0.39 is 0 Å². The molecule has 1 saturated heterocycles. The molecule has 22 heavy (non-hydrogen) atoms. The number of anilines is 1. The topological polar surface area (TPSA) is 71.4 Å². The molecule has 0 spiro atoms. The van der Waals surface area contributed by atoms with E-state index >= 15 is 0 Å². The van der Waals surface area contributed by atoms with Crippen molar-refractivity contribution in [1.82, 2.24) is 0 Å². The van der Waals surface area contributed by atoms with Gasteiger partial charge in [-0.1, -0.05) is 13.3 Å². The maximum absolute atomic E-state index is 10.9. The minimum Gasteiger partial charge on any atom is -0.494 e. The van der Waals surface area contributed by atoms with E-state index in [-0.39, 0.29) is 11.9 Å². The Morgan fingerprint density at radius 3 is 3.05 bits per heavy atom. The lowest BCUT2D eigenvalue weighted by molar-refractivity contribution is -0.102. The summed E-state index contributed by atoms with van der Waals surface area (Å²) in [5.74, 6) is 0.745. The monoisotopic (exact) mass is 304 g/mol. The van der Waals surface area contributed by atoms with Crippen LogP contribution in [0.25, 0.3) is 0 Å². The second-order valence-corrected chi connectivity index (χ2v) is 5.44. The fourth-order valence-corrected chi connectivity index (χ4v) is 2.39. The molecule has 0 radical (unpaired) electrons. The zero-order valence-electron chi connectivity index (χ0n) is 13.1. The maximum Gasteiger partial charge on any atom is 0.168 e. The highest BCUT2D eigenvalue weighted by molar-refractivity contribution is 6.36. The predicted molar refractivity (Wildman–Crippen MR) is 87.0 cm³/mol. The number of benzene rings is 1. The number of hydrogen-bond donors (Lipinski definition) is 2. The molecule has 2 rings (SSSR count). The molecule has 5 nitrogen and oxygen atoms in total. The number of ether oxygens (including phenoxy) is 2. The van der Waals surface area contributed by atoms with Gasteiger partial charge in [0.05, 0.1) is 6.61 Å². The third-order valence-electron chi connectivity index (χ3n) is 3.66. The first-order valence-corrected chi connectivity index (χ1v) is 7.93. The summed E-state index contributed by atoms with van der Waals surface area (Å²) in [6.45, 7) is 3.52. The van der Waals surface area contributed by atoms with Crippen LogP contribution in [0, 0.1) is 5.41 Å². The van der Waals surface area contributed by atoms with Crippen LogP contribution in [-0.4, -0.2) is 31.4 Å². The van der Waals surface area contributed by atoms with E-state index in [1.165, 1.54) is 0 Å². The van der Waals surface area contributed by atoms with Crippen LogP contribution in [0.2, 0.25) is 0 Å². The van der Waals surface area contributed by atoms with Gasteiger partial charge in [-0.2, -0.15) is 0 Å². The second-order valence-electron chi connectivity index (χ2n) is 5.44. The number of rotatable bonds is 8. The van der Waals surface area contributed by atoms with Gasteiger partial charge in [-0.05, 0) is 37.8 Å². The van der Waals surface area contributed by atoms with Crippen LogP contribution < -0.4 is 10.1 Å². The lowest BCUT2D eigenvalue weighted by Gasteiger charge is -2.25. The lowest BCUT2D eigenvalue weighted by atomic mass is 10.1. The van der Waals surface area contributed by atoms with Crippen molar-refractivity contribution in [3.05, 3.63) is 23.8 Å². The van der Waals surface area contributed by atoms with Crippen molar-refractivity contribution >= 4 is 17.7 Å². The maximum atomic E-state index is 10.9. The molecule has 1 fully saturated rings. The van der Waals surface area contributed by atoms with Crippen molar-refractivity contribution < 1.29 is 14.3 Å². The first-order valence-electron chi connectivity index (χ1n) is 7.93. The zero-order valence-corrected chi connectivity index (χ0v) is 13.1. The van der Waals surface area contributed by atoms with Crippen LogP contribution in [0.4, 0.5) is 5.69 Å². The SMILES string of the molecule is CCCCOc1ccc(C(=N)C=O)c(NC2CCCCO2)c1. The molecule has 1 aromatic rings. The molecule has 0 aliphatic carbocycles. The van der Waals surface area contributed by atoms with Crippen molar-refractivity contribution in [3.8, 4) is 5.75 Å². The van der Waals surface area contributed by atoms with E-state index in [0.29, 0.717) is 18.5 Å². The summed E-state index contributed by atoms with van der Waals surface area (Å²) in [5.41, 5.74) is 1.25. The number of nitrogens with one attached hydrogen (secondary N) is 2. The third kappa shape index (κ3) is 4.56. The van der Waals surface area contributed by atoms with Gasteiger partial charge in [-0.25, -0.2) is 0 Å². The quantitative estimate of drug-likeness (QED) is 0.439. The van der Waals surface area contributed by atoms with E-state index in [0.717, 1.165) is 50.1 Å². The number of carbonyl (C=O) groups is 1. The van der Waals surface area contributed by atoms with Crippen molar-refractivity contribution in [2.45, 2.75) is 45.3 Å². The van der Waals surface area contributed by atoms with Crippen LogP contribution >= 0.6 is 0 Å². The zero-order chi connectivity index (χ0) is 15.8. The largest absolute Gasteiger partial charge is 0.494 e. The Labute approximate surface area is 131 Å². The number of carbonyl (C=O) groups excluding carboxylic acids is 1. The Kier molecular flexibility index (Phi) is 6.40. The summed E-state index contributed by atoms with van der Waals surface area (Å²) in [6, 6.07) is 5.40.